The van der Waals surface area contributed by atoms with E-state index in [0.717, 1.165) is 3.57 Å². The number of nitro groups is 1. The molecule has 0 saturated heterocycles. The largest absolute Gasteiger partial charge is 0.285 e. The van der Waals surface area contributed by atoms with Crippen LogP contribution >= 0.6 is 34.2 Å². The summed E-state index contributed by atoms with van der Waals surface area (Å²) in [5.41, 5.74) is 0.189. The van der Waals surface area contributed by atoms with Gasteiger partial charge in [0.2, 0.25) is 0 Å². The first-order valence-corrected chi connectivity index (χ1v) is 5.04. The fourth-order valence-electron chi connectivity index (χ4n) is 1.07. The van der Waals surface area contributed by atoms with E-state index in [-0.39, 0.29) is 11.3 Å². The molecule has 1 aromatic rings. The highest BCUT2D eigenvalue weighted by Crippen LogP contribution is 2.28. The van der Waals surface area contributed by atoms with Gasteiger partial charge in [0.15, 0.2) is 0 Å². The maximum Gasteiger partial charge on any atom is 0.285 e. The van der Waals surface area contributed by atoms with Crippen LogP contribution in [0.5, 0.6) is 0 Å². The van der Waals surface area contributed by atoms with E-state index in [1.54, 1.807) is 13.0 Å². The summed E-state index contributed by atoms with van der Waals surface area (Å²) in [6, 6.07) is 2.99. The van der Waals surface area contributed by atoms with Gasteiger partial charge in [0.1, 0.15) is 5.56 Å². The Balaban J connectivity index is 3.53. The minimum absolute atomic E-state index is 0.0606. The summed E-state index contributed by atoms with van der Waals surface area (Å²) in [7, 11) is 0. The van der Waals surface area contributed by atoms with Crippen LogP contribution in [0.4, 0.5) is 5.69 Å². The Morgan fingerprint density at radius 3 is 2.57 bits per heavy atom. The van der Waals surface area contributed by atoms with Gasteiger partial charge in [-0.2, -0.15) is 0 Å². The summed E-state index contributed by atoms with van der Waals surface area (Å²) in [6.45, 7) is 1.59. The molecule has 0 spiro atoms. The third kappa shape index (κ3) is 2.03. The summed E-state index contributed by atoms with van der Waals surface area (Å²) in [5.74, 6) is 0. The summed E-state index contributed by atoms with van der Waals surface area (Å²) in [4.78, 5) is 21.0. The predicted octanol–water partition coefficient (Wildman–Crippen LogP) is 2.89. The molecule has 0 unspecified atom stereocenters. The van der Waals surface area contributed by atoms with Crippen molar-refractivity contribution < 1.29 is 9.72 Å². The Kier molecular flexibility index (Phi) is 3.43. The number of rotatable bonds is 2. The van der Waals surface area contributed by atoms with Crippen molar-refractivity contribution in [2.24, 2.45) is 0 Å². The first kappa shape index (κ1) is 11.4. The number of carbonyl (C=O) groups is 1. The summed E-state index contributed by atoms with van der Waals surface area (Å²) < 4.78 is 0.732. The molecule has 6 heteroatoms. The molecule has 1 aromatic carbocycles. The molecule has 1 rings (SSSR count). The van der Waals surface area contributed by atoms with Crippen molar-refractivity contribution in [3.8, 4) is 0 Å². The van der Waals surface area contributed by atoms with Gasteiger partial charge in [-0.25, -0.2) is 0 Å². The van der Waals surface area contributed by atoms with E-state index in [1.807, 2.05) is 22.6 Å². The van der Waals surface area contributed by atoms with Gasteiger partial charge in [0.25, 0.3) is 10.9 Å². The highest BCUT2D eigenvalue weighted by atomic mass is 127. The first-order chi connectivity index (χ1) is 6.45. The molecule has 0 aliphatic heterocycles. The van der Waals surface area contributed by atoms with E-state index in [9.17, 15) is 14.9 Å². The molecule has 0 aliphatic rings. The molecule has 14 heavy (non-hydrogen) atoms. The molecule has 0 saturated carbocycles. The number of halogens is 2. The maximum atomic E-state index is 10.9. The molecular weight excluding hydrogens is 320 g/mol. The SMILES string of the molecule is Cc1c(I)ccc(C(=O)Cl)c1[N+](=O)[O-]. The van der Waals surface area contributed by atoms with Gasteiger partial charge < -0.3 is 0 Å². The highest BCUT2D eigenvalue weighted by Gasteiger charge is 2.22. The molecule has 0 amide bonds. The highest BCUT2D eigenvalue weighted by molar-refractivity contribution is 14.1. The van der Waals surface area contributed by atoms with Crippen LogP contribution in [0, 0.1) is 20.6 Å². The lowest BCUT2D eigenvalue weighted by Gasteiger charge is -2.02. The van der Waals surface area contributed by atoms with Crippen LogP contribution < -0.4 is 0 Å². The normalized spacial score (nSPS) is 9.93. The van der Waals surface area contributed by atoms with Gasteiger partial charge in [-0.15, -0.1) is 0 Å². The first-order valence-electron chi connectivity index (χ1n) is 3.58. The van der Waals surface area contributed by atoms with Crippen molar-refractivity contribution in [1.82, 2.24) is 0 Å². The summed E-state index contributed by atoms with van der Waals surface area (Å²) in [6.07, 6.45) is 0. The molecule has 4 nitrogen and oxygen atoms in total. The number of nitro benzene ring substituents is 1. The average molecular weight is 325 g/mol. The minimum Gasteiger partial charge on any atom is -0.275 e. The van der Waals surface area contributed by atoms with Crippen molar-refractivity contribution in [3.63, 3.8) is 0 Å². The van der Waals surface area contributed by atoms with Gasteiger partial charge in [-0.1, -0.05) is 0 Å². The molecule has 0 N–H and O–H groups in total. The summed E-state index contributed by atoms with van der Waals surface area (Å²) in [5, 5.41) is 9.88. The van der Waals surface area contributed by atoms with Gasteiger partial charge in [-0.3, -0.25) is 14.9 Å². The number of benzene rings is 1. The van der Waals surface area contributed by atoms with Crippen molar-refractivity contribution in [3.05, 3.63) is 36.9 Å². The molecule has 74 valence electrons. The van der Waals surface area contributed by atoms with Gasteiger partial charge in [0, 0.05) is 9.13 Å². The van der Waals surface area contributed by atoms with E-state index < -0.39 is 10.2 Å². The third-order valence-electron chi connectivity index (χ3n) is 1.76. The van der Waals surface area contributed by atoms with Crippen LogP contribution in [0.1, 0.15) is 15.9 Å². The topological polar surface area (TPSA) is 60.2 Å². The van der Waals surface area contributed by atoms with E-state index in [2.05, 4.69) is 0 Å². The third-order valence-corrected chi connectivity index (χ3v) is 3.13. The Labute approximate surface area is 98.5 Å². The Morgan fingerprint density at radius 1 is 1.57 bits per heavy atom. The average Bonchev–Trinajstić information content (AvgIpc) is 2.08. The number of hydrogen-bond acceptors (Lipinski definition) is 3. The lowest BCUT2D eigenvalue weighted by Crippen LogP contribution is -2.02. The number of nitrogens with zero attached hydrogens (tertiary/aromatic N) is 1. The second-order valence-electron chi connectivity index (χ2n) is 2.60. The Bertz CT molecular complexity index is 419. The number of hydrogen-bond donors (Lipinski definition) is 0. The van der Waals surface area contributed by atoms with Crippen molar-refractivity contribution in [1.29, 1.82) is 0 Å². The van der Waals surface area contributed by atoms with Gasteiger partial charge >= 0.3 is 0 Å². The Hall–Kier alpha value is -0.690. The van der Waals surface area contributed by atoms with Crippen LogP contribution in [0.2, 0.25) is 0 Å². The molecule has 0 fully saturated rings. The molecule has 0 heterocycles. The molecule has 0 atom stereocenters. The Morgan fingerprint density at radius 2 is 2.14 bits per heavy atom. The van der Waals surface area contributed by atoms with Crippen LogP contribution in [-0.4, -0.2) is 10.2 Å². The van der Waals surface area contributed by atoms with Crippen LogP contribution in [0.15, 0.2) is 12.1 Å². The summed E-state index contributed by atoms with van der Waals surface area (Å²) >= 11 is 7.20. The number of carbonyl (C=O) groups excluding carboxylic acids is 1. The van der Waals surface area contributed by atoms with E-state index in [0.29, 0.717) is 5.56 Å². The fourth-order valence-corrected chi connectivity index (χ4v) is 1.66. The maximum absolute atomic E-state index is 10.9. The monoisotopic (exact) mass is 325 g/mol. The quantitative estimate of drug-likeness (QED) is 0.363. The van der Waals surface area contributed by atoms with E-state index in [1.165, 1.54) is 6.07 Å². The zero-order valence-corrected chi connectivity index (χ0v) is 10.00. The van der Waals surface area contributed by atoms with Gasteiger partial charge in [0.05, 0.1) is 4.92 Å². The van der Waals surface area contributed by atoms with E-state index >= 15 is 0 Å². The van der Waals surface area contributed by atoms with Gasteiger partial charge in [-0.05, 0) is 53.2 Å². The van der Waals surface area contributed by atoms with Crippen LogP contribution in [0.25, 0.3) is 0 Å². The zero-order chi connectivity index (χ0) is 10.9. The van der Waals surface area contributed by atoms with Crippen LogP contribution in [-0.2, 0) is 0 Å². The molecule has 0 aliphatic carbocycles. The second kappa shape index (κ2) is 4.22. The molecule has 0 radical (unpaired) electrons. The van der Waals surface area contributed by atoms with Crippen molar-refractivity contribution in [2.75, 3.05) is 0 Å². The smallest absolute Gasteiger partial charge is 0.275 e. The molecule has 0 bridgehead atoms. The van der Waals surface area contributed by atoms with E-state index in [4.69, 9.17) is 11.6 Å². The van der Waals surface area contributed by atoms with Crippen LogP contribution in [0.3, 0.4) is 0 Å². The standard InChI is InChI=1S/C8H5ClINO3/c1-4-6(10)3-2-5(8(9)12)7(4)11(13)14/h2-3H,1H3. The predicted molar refractivity (Wildman–Crippen MR) is 60.7 cm³/mol. The second-order valence-corrected chi connectivity index (χ2v) is 4.10. The van der Waals surface area contributed by atoms with Crippen molar-refractivity contribution >= 4 is 45.1 Å². The van der Waals surface area contributed by atoms with Crippen molar-refractivity contribution in [2.45, 2.75) is 6.92 Å². The lowest BCUT2D eigenvalue weighted by atomic mass is 10.1. The minimum atomic E-state index is -0.809. The molecule has 0 aromatic heterocycles. The lowest BCUT2D eigenvalue weighted by molar-refractivity contribution is -0.385. The fraction of sp³-hybridized carbons (Fsp3) is 0.125. The molecular formula is C8H5ClINO3. The zero-order valence-electron chi connectivity index (χ0n) is 7.08.